The van der Waals surface area contributed by atoms with E-state index < -0.39 is 0 Å². The topological polar surface area (TPSA) is 68.5 Å². The maximum Gasteiger partial charge on any atom is 0.306 e. The number of nitrogens with zero attached hydrogens (tertiary/aromatic N) is 1. The second-order valence-corrected chi connectivity index (χ2v) is 5.12. The first kappa shape index (κ1) is 14.9. The van der Waals surface area contributed by atoms with Crippen molar-refractivity contribution >= 4 is 5.97 Å². The van der Waals surface area contributed by atoms with Gasteiger partial charge in [-0.15, -0.1) is 0 Å². The van der Waals surface area contributed by atoms with Crippen LogP contribution in [-0.4, -0.2) is 12.8 Å². The van der Waals surface area contributed by atoms with E-state index in [0.717, 1.165) is 11.3 Å². The zero-order valence-corrected chi connectivity index (χ0v) is 12.5. The molecule has 5 heteroatoms. The summed E-state index contributed by atoms with van der Waals surface area (Å²) >= 11 is 0. The minimum atomic E-state index is -0.296. The molecular formula is C18H15NO4. The maximum atomic E-state index is 11.9. The van der Waals surface area contributed by atoms with Crippen LogP contribution >= 0.6 is 0 Å². The summed E-state index contributed by atoms with van der Waals surface area (Å²) in [5, 5.41) is 9.00. The fourth-order valence-electron chi connectivity index (χ4n) is 2.33. The van der Waals surface area contributed by atoms with Gasteiger partial charge in [0.2, 0.25) is 6.79 Å². The van der Waals surface area contributed by atoms with E-state index in [2.05, 4.69) is 6.07 Å². The van der Waals surface area contributed by atoms with Crippen LogP contribution in [-0.2, 0) is 22.6 Å². The van der Waals surface area contributed by atoms with Crippen molar-refractivity contribution in [3.05, 3.63) is 59.2 Å². The predicted molar refractivity (Wildman–Crippen MR) is 81.8 cm³/mol. The number of fused-ring (bicyclic) bond motifs is 1. The first-order valence-corrected chi connectivity index (χ1v) is 7.28. The molecule has 0 radical (unpaired) electrons. The SMILES string of the molecule is N#Cc1ccccc1COC(=O)CCc1ccc2c(c1)OCO2. The zero-order chi connectivity index (χ0) is 16.1. The van der Waals surface area contributed by atoms with Crippen molar-refractivity contribution in [2.75, 3.05) is 6.79 Å². The van der Waals surface area contributed by atoms with Gasteiger partial charge in [-0.1, -0.05) is 24.3 Å². The smallest absolute Gasteiger partial charge is 0.306 e. The van der Waals surface area contributed by atoms with Crippen molar-refractivity contribution in [2.24, 2.45) is 0 Å². The number of benzene rings is 2. The van der Waals surface area contributed by atoms with Gasteiger partial charge in [0, 0.05) is 12.0 Å². The van der Waals surface area contributed by atoms with Crippen molar-refractivity contribution < 1.29 is 19.0 Å². The normalized spacial score (nSPS) is 11.8. The molecule has 2 aromatic rings. The third-order valence-corrected chi connectivity index (χ3v) is 3.58. The van der Waals surface area contributed by atoms with Crippen LogP contribution in [0.5, 0.6) is 11.5 Å². The van der Waals surface area contributed by atoms with Crippen molar-refractivity contribution in [1.82, 2.24) is 0 Å². The lowest BCUT2D eigenvalue weighted by atomic mass is 10.1. The van der Waals surface area contributed by atoms with Gasteiger partial charge in [-0.25, -0.2) is 0 Å². The van der Waals surface area contributed by atoms with Crippen LogP contribution in [0.4, 0.5) is 0 Å². The van der Waals surface area contributed by atoms with Gasteiger partial charge in [0.1, 0.15) is 6.61 Å². The van der Waals surface area contributed by atoms with Crippen LogP contribution < -0.4 is 9.47 Å². The summed E-state index contributed by atoms with van der Waals surface area (Å²) in [6.07, 6.45) is 0.837. The maximum absolute atomic E-state index is 11.9. The average molecular weight is 309 g/mol. The number of carbonyl (C=O) groups excluding carboxylic acids is 1. The molecule has 1 aliphatic heterocycles. The summed E-state index contributed by atoms with van der Waals surface area (Å²) < 4.78 is 15.8. The van der Waals surface area contributed by atoms with E-state index in [-0.39, 0.29) is 25.8 Å². The Bertz CT molecular complexity index is 764. The van der Waals surface area contributed by atoms with E-state index in [1.54, 1.807) is 18.2 Å². The zero-order valence-electron chi connectivity index (χ0n) is 12.5. The highest BCUT2D eigenvalue weighted by atomic mass is 16.7. The highest BCUT2D eigenvalue weighted by Gasteiger charge is 2.14. The molecule has 0 spiro atoms. The van der Waals surface area contributed by atoms with E-state index in [4.69, 9.17) is 19.5 Å². The number of rotatable bonds is 5. The quantitative estimate of drug-likeness (QED) is 0.794. The number of ether oxygens (including phenoxy) is 3. The number of esters is 1. The van der Waals surface area contributed by atoms with Gasteiger partial charge in [0.25, 0.3) is 0 Å². The molecule has 0 N–H and O–H groups in total. The molecule has 0 saturated carbocycles. The summed E-state index contributed by atoms with van der Waals surface area (Å²) in [5.41, 5.74) is 2.23. The standard InChI is InChI=1S/C18H15NO4/c19-10-14-3-1-2-4-15(14)11-21-18(20)8-6-13-5-7-16-17(9-13)23-12-22-16/h1-5,7,9H,6,8,11-12H2. The van der Waals surface area contributed by atoms with Crippen molar-refractivity contribution in [1.29, 1.82) is 5.26 Å². The number of aryl methyl sites for hydroxylation is 1. The Labute approximate surface area is 134 Å². The molecule has 0 fully saturated rings. The molecule has 0 aliphatic carbocycles. The van der Waals surface area contributed by atoms with Gasteiger partial charge < -0.3 is 14.2 Å². The molecule has 0 bridgehead atoms. The summed E-state index contributed by atoms with van der Waals surface area (Å²) in [6, 6.07) is 14.8. The summed E-state index contributed by atoms with van der Waals surface area (Å²) in [5.74, 6) is 1.14. The Hall–Kier alpha value is -3.00. The second kappa shape index (κ2) is 6.84. The first-order chi connectivity index (χ1) is 11.3. The molecule has 0 saturated heterocycles. The van der Waals surface area contributed by atoms with Crippen molar-refractivity contribution in [2.45, 2.75) is 19.4 Å². The van der Waals surface area contributed by atoms with Gasteiger partial charge in [-0.2, -0.15) is 5.26 Å². The summed E-state index contributed by atoms with van der Waals surface area (Å²) in [4.78, 5) is 11.9. The van der Waals surface area contributed by atoms with Crippen LogP contribution in [0.1, 0.15) is 23.1 Å². The van der Waals surface area contributed by atoms with E-state index in [1.807, 2.05) is 24.3 Å². The number of hydrogen-bond donors (Lipinski definition) is 0. The lowest BCUT2D eigenvalue weighted by Gasteiger charge is -2.07. The summed E-state index contributed by atoms with van der Waals surface area (Å²) in [7, 11) is 0. The minimum absolute atomic E-state index is 0.115. The molecule has 23 heavy (non-hydrogen) atoms. The van der Waals surface area contributed by atoms with Crippen LogP contribution in [0.2, 0.25) is 0 Å². The monoisotopic (exact) mass is 309 g/mol. The number of nitriles is 1. The lowest BCUT2D eigenvalue weighted by molar-refractivity contribution is -0.144. The van der Waals surface area contributed by atoms with Gasteiger partial charge >= 0.3 is 5.97 Å². The molecule has 0 amide bonds. The Kier molecular flexibility index (Phi) is 4.44. The highest BCUT2D eigenvalue weighted by molar-refractivity contribution is 5.70. The fourth-order valence-corrected chi connectivity index (χ4v) is 2.33. The van der Waals surface area contributed by atoms with Crippen molar-refractivity contribution in [3.8, 4) is 17.6 Å². The fraction of sp³-hybridized carbons (Fsp3) is 0.222. The molecule has 3 rings (SSSR count). The van der Waals surface area contributed by atoms with Crippen LogP contribution in [0.25, 0.3) is 0 Å². The molecule has 0 atom stereocenters. The molecule has 116 valence electrons. The number of hydrogen-bond acceptors (Lipinski definition) is 5. The van der Waals surface area contributed by atoms with Gasteiger partial charge in [0.05, 0.1) is 11.6 Å². The van der Waals surface area contributed by atoms with Gasteiger partial charge in [-0.3, -0.25) is 4.79 Å². The van der Waals surface area contributed by atoms with Crippen LogP contribution in [0.3, 0.4) is 0 Å². The molecule has 0 aromatic heterocycles. The van der Waals surface area contributed by atoms with Gasteiger partial charge in [-0.05, 0) is 30.2 Å². The molecular weight excluding hydrogens is 294 g/mol. The molecule has 2 aromatic carbocycles. The Morgan fingerprint density at radius 2 is 2.00 bits per heavy atom. The largest absolute Gasteiger partial charge is 0.461 e. The van der Waals surface area contributed by atoms with Crippen LogP contribution in [0.15, 0.2) is 42.5 Å². The highest BCUT2D eigenvalue weighted by Crippen LogP contribution is 2.32. The van der Waals surface area contributed by atoms with E-state index in [9.17, 15) is 4.79 Å². The Morgan fingerprint density at radius 1 is 1.17 bits per heavy atom. The predicted octanol–water partition coefficient (Wildman–Crippen LogP) is 2.96. The van der Waals surface area contributed by atoms with Gasteiger partial charge in [0.15, 0.2) is 11.5 Å². The molecule has 1 aliphatic rings. The van der Waals surface area contributed by atoms with Crippen molar-refractivity contribution in [3.63, 3.8) is 0 Å². The second-order valence-electron chi connectivity index (χ2n) is 5.12. The summed E-state index contributed by atoms with van der Waals surface area (Å²) in [6.45, 7) is 0.350. The third kappa shape index (κ3) is 3.61. The lowest BCUT2D eigenvalue weighted by Crippen LogP contribution is -2.06. The van der Waals surface area contributed by atoms with E-state index in [0.29, 0.717) is 23.3 Å². The number of carbonyl (C=O) groups is 1. The first-order valence-electron chi connectivity index (χ1n) is 7.28. The average Bonchev–Trinajstić information content (AvgIpc) is 3.06. The molecule has 1 heterocycles. The minimum Gasteiger partial charge on any atom is -0.461 e. The van der Waals surface area contributed by atoms with E-state index in [1.165, 1.54) is 0 Å². The Morgan fingerprint density at radius 3 is 2.87 bits per heavy atom. The third-order valence-electron chi connectivity index (χ3n) is 3.58. The van der Waals surface area contributed by atoms with Crippen LogP contribution in [0, 0.1) is 11.3 Å². The Balaban J connectivity index is 1.51. The van der Waals surface area contributed by atoms with E-state index >= 15 is 0 Å². The molecule has 5 nitrogen and oxygen atoms in total. The molecule has 0 unspecified atom stereocenters.